The normalized spacial score (nSPS) is 11.2. The van der Waals surface area contributed by atoms with E-state index in [2.05, 4.69) is 43.7 Å². The zero-order chi connectivity index (χ0) is 25.3. The molecule has 0 spiro atoms. The smallest absolute Gasteiger partial charge is 0.255 e. The molecule has 0 saturated heterocycles. The molecule has 0 aliphatic rings. The van der Waals surface area contributed by atoms with Crippen LogP contribution in [0.1, 0.15) is 15.9 Å². The molecule has 0 radical (unpaired) electrons. The minimum atomic E-state index is -0.252. The first-order valence-corrected chi connectivity index (χ1v) is 11.0. The van der Waals surface area contributed by atoms with Gasteiger partial charge in [-0.2, -0.15) is 5.26 Å². The number of carbonyl (C=O) groups excluding carboxylic acids is 1. The molecule has 0 fully saturated rings. The van der Waals surface area contributed by atoms with Crippen molar-refractivity contribution in [3.05, 3.63) is 102 Å². The molecule has 1 amide bonds. The number of nitrogens with one attached hydrogen (secondary N) is 3. The highest BCUT2D eigenvalue weighted by atomic mass is 16.1. The first-order chi connectivity index (χ1) is 17.6. The monoisotopic (exact) mass is 473 g/mol. The van der Waals surface area contributed by atoms with Crippen LogP contribution in [0.25, 0.3) is 10.9 Å². The van der Waals surface area contributed by atoms with Gasteiger partial charge in [-0.3, -0.25) is 14.8 Å². The van der Waals surface area contributed by atoms with Crippen molar-refractivity contribution in [3.63, 3.8) is 0 Å². The van der Waals surface area contributed by atoms with Gasteiger partial charge in [-0.05, 0) is 73.5 Å². The van der Waals surface area contributed by atoms with Crippen molar-refractivity contribution in [2.45, 2.75) is 0 Å². The van der Waals surface area contributed by atoms with Crippen LogP contribution in [0.5, 0.6) is 0 Å². The van der Waals surface area contributed by atoms with Crippen molar-refractivity contribution in [1.29, 1.82) is 5.26 Å². The minimum absolute atomic E-state index is 0.252. The third-order valence-electron chi connectivity index (χ3n) is 5.22. The lowest BCUT2D eigenvalue weighted by Crippen LogP contribution is -2.12. The fourth-order valence-electron chi connectivity index (χ4n) is 3.52. The molecular weight excluding hydrogens is 450 g/mol. The van der Waals surface area contributed by atoms with Crippen LogP contribution in [0.15, 0.2) is 101 Å². The molecule has 4 aromatic rings. The fourth-order valence-corrected chi connectivity index (χ4v) is 3.52. The van der Waals surface area contributed by atoms with E-state index in [9.17, 15) is 10.1 Å². The SMILES string of the molecule is C=N/C(=C\C=NC)Nc1cccc(NC(=O)c2cccc(Nc3ccnc4ccc(C#N)cc34)c2)c1. The number of hydrogen-bond acceptors (Lipinski definition) is 7. The van der Waals surface area contributed by atoms with E-state index in [-0.39, 0.29) is 5.91 Å². The number of allylic oxidation sites excluding steroid dienone is 1. The first kappa shape index (κ1) is 23.9. The lowest BCUT2D eigenvalue weighted by atomic mass is 10.1. The molecule has 4 rings (SSSR count). The Morgan fingerprint density at radius 2 is 1.78 bits per heavy atom. The maximum atomic E-state index is 13.0. The average molecular weight is 474 g/mol. The minimum Gasteiger partial charge on any atom is -0.355 e. The standard InChI is InChI=1S/C28H23N7O/c1-30-13-12-27(31-2)34-22-7-4-8-23(17-22)35-28(36)20-5-3-6-21(16-20)33-26-11-14-32-25-10-9-19(18-29)15-24(25)26/h3-17,34H,2H2,1H3,(H,32,33)(H,35,36)/b27-12+,30-13?. The summed E-state index contributed by atoms with van der Waals surface area (Å²) in [5, 5.41) is 19.5. The van der Waals surface area contributed by atoms with E-state index in [1.807, 2.05) is 30.3 Å². The van der Waals surface area contributed by atoms with Crippen LogP contribution in [-0.2, 0) is 0 Å². The number of aromatic nitrogens is 1. The quantitative estimate of drug-likeness (QED) is 0.282. The Hall–Kier alpha value is -5.29. The van der Waals surface area contributed by atoms with Gasteiger partial charge < -0.3 is 16.0 Å². The Morgan fingerprint density at radius 3 is 2.56 bits per heavy atom. The highest BCUT2D eigenvalue weighted by Gasteiger charge is 2.09. The molecule has 1 heterocycles. The molecule has 3 aromatic carbocycles. The molecule has 1 aromatic heterocycles. The van der Waals surface area contributed by atoms with Crippen LogP contribution in [0, 0.1) is 11.3 Å². The predicted octanol–water partition coefficient (Wildman–Crippen LogP) is 5.76. The molecule has 176 valence electrons. The van der Waals surface area contributed by atoms with Gasteiger partial charge in [0.15, 0.2) is 0 Å². The van der Waals surface area contributed by atoms with Crippen LogP contribution in [0.2, 0.25) is 0 Å². The van der Waals surface area contributed by atoms with E-state index in [4.69, 9.17) is 0 Å². The average Bonchev–Trinajstić information content (AvgIpc) is 2.91. The van der Waals surface area contributed by atoms with Crippen molar-refractivity contribution >= 4 is 52.5 Å². The Morgan fingerprint density at radius 1 is 1.00 bits per heavy atom. The number of benzene rings is 3. The number of rotatable bonds is 8. The number of amides is 1. The fraction of sp³-hybridized carbons (Fsp3) is 0.0357. The largest absolute Gasteiger partial charge is 0.355 e. The molecule has 0 saturated carbocycles. The summed E-state index contributed by atoms with van der Waals surface area (Å²) in [7, 11) is 1.67. The topological polar surface area (TPSA) is 115 Å². The van der Waals surface area contributed by atoms with Crippen LogP contribution < -0.4 is 16.0 Å². The van der Waals surface area contributed by atoms with Crippen LogP contribution in [0.3, 0.4) is 0 Å². The lowest BCUT2D eigenvalue weighted by Gasteiger charge is -2.12. The van der Waals surface area contributed by atoms with Gasteiger partial charge >= 0.3 is 0 Å². The van der Waals surface area contributed by atoms with E-state index in [1.165, 1.54) is 0 Å². The highest BCUT2D eigenvalue weighted by molar-refractivity contribution is 6.05. The van der Waals surface area contributed by atoms with Gasteiger partial charge in [-0.25, -0.2) is 4.99 Å². The van der Waals surface area contributed by atoms with Gasteiger partial charge in [0.05, 0.1) is 17.1 Å². The number of pyridine rings is 1. The molecule has 8 nitrogen and oxygen atoms in total. The van der Waals surface area contributed by atoms with E-state index < -0.39 is 0 Å². The number of hydrogen-bond donors (Lipinski definition) is 3. The molecule has 36 heavy (non-hydrogen) atoms. The summed E-state index contributed by atoms with van der Waals surface area (Å²) in [5.74, 6) is 0.284. The summed E-state index contributed by atoms with van der Waals surface area (Å²) < 4.78 is 0. The van der Waals surface area contributed by atoms with Crippen molar-refractivity contribution < 1.29 is 4.79 Å². The second-order valence-corrected chi connectivity index (χ2v) is 7.69. The zero-order valence-corrected chi connectivity index (χ0v) is 19.6. The summed E-state index contributed by atoms with van der Waals surface area (Å²) >= 11 is 0. The number of nitriles is 1. The first-order valence-electron chi connectivity index (χ1n) is 11.0. The van der Waals surface area contributed by atoms with Crippen LogP contribution in [0.4, 0.5) is 22.7 Å². The zero-order valence-electron chi connectivity index (χ0n) is 19.6. The molecule has 8 heteroatoms. The van der Waals surface area contributed by atoms with Gasteiger partial charge in [-0.1, -0.05) is 12.1 Å². The second kappa shape index (κ2) is 11.2. The number of nitrogens with zero attached hydrogens (tertiary/aromatic N) is 4. The van der Waals surface area contributed by atoms with Crippen LogP contribution >= 0.6 is 0 Å². The molecule has 0 atom stereocenters. The van der Waals surface area contributed by atoms with Gasteiger partial charge in [0.1, 0.15) is 5.82 Å². The molecule has 3 N–H and O–H groups in total. The predicted molar refractivity (Wildman–Crippen MR) is 146 cm³/mol. The Kier molecular flexibility index (Phi) is 7.44. The van der Waals surface area contributed by atoms with E-state index in [1.54, 1.807) is 68.0 Å². The van der Waals surface area contributed by atoms with Crippen molar-refractivity contribution in [3.8, 4) is 6.07 Å². The van der Waals surface area contributed by atoms with Gasteiger partial charge in [0, 0.05) is 53.2 Å². The number of aliphatic imine (C=N–C) groups is 2. The summed E-state index contributed by atoms with van der Waals surface area (Å²) in [6.45, 7) is 3.55. The maximum absolute atomic E-state index is 13.0. The van der Waals surface area contributed by atoms with E-state index in [0.29, 0.717) is 22.6 Å². The number of carbonyl (C=O) groups is 1. The summed E-state index contributed by atoms with van der Waals surface area (Å²) in [4.78, 5) is 25.2. The molecular formula is C28H23N7O. The second-order valence-electron chi connectivity index (χ2n) is 7.69. The van der Waals surface area contributed by atoms with Crippen molar-refractivity contribution in [2.24, 2.45) is 9.98 Å². The van der Waals surface area contributed by atoms with Crippen molar-refractivity contribution in [2.75, 3.05) is 23.0 Å². The molecule has 0 unspecified atom stereocenters. The lowest BCUT2D eigenvalue weighted by molar-refractivity contribution is 0.102. The third kappa shape index (κ3) is 5.79. The third-order valence-corrected chi connectivity index (χ3v) is 5.22. The molecule has 0 aliphatic carbocycles. The number of anilines is 4. The van der Waals surface area contributed by atoms with Gasteiger partial charge in [-0.15, -0.1) is 0 Å². The Labute approximate surface area is 208 Å². The molecule has 0 bridgehead atoms. The Balaban J connectivity index is 1.51. The summed E-state index contributed by atoms with van der Waals surface area (Å²) in [6.07, 6.45) is 5.01. The molecule has 0 aliphatic heterocycles. The highest BCUT2D eigenvalue weighted by Crippen LogP contribution is 2.27. The number of fused-ring (bicyclic) bond motifs is 1. The summed E-state index contributed by atoms with van der Waals surface area (Å²) in [6, 6.07) is 23.8. The van der Waals surface area contributed by atoms with E-state index in [0.717, 1.165) is 28.0 Å². The van der Waals surface area contributed by atoms with Crippen LogP contribution in [-0.4, -0.2) is 30.9 Å². The van der Waals surface area contributed by atoms with E-state index >= 15 is 0 Å². The summed E-state index contributed by atoms with van der Waals surface area (Å²) in [5.41, 5.74) is 4.70. The van der Waals surface area contributed by atoms with Gasteiger partial charge in [0.25, 0.3) is 5.91 Å². The maximum Gasteiger partial charge on any atom is 0.255 e. The Bertz CT molecular complexity index is 1530. The van der Waals surface area contributed by atoms with Crippen molar-refractivity contribution in [1.82, 2.24) is 4.98 Å². The van der Waals surface area contributed by atoms with Gasteiger partial charge in [0.2, 0.25) is 0 Å².